The van der Waals surface area contributed by atoms with Crippen LogP contribution in [0, 0.1) is 0 Å². The van der Waals surface area contributed by atoms with Gasteiger partial charge in [-0.25, -0.2) is 9.78 Å². The quantitative estimate of drug-likeness (QED) is 0.830. The lowest BCUT2D eigenvalue weighted by atomic mass is 9.99. The number of thiazole rings is 1. The van der Waals surface area contributed by atoms with Crippen molar-refractivity contribution in [3.63, 3.8) is 0 Å². The van der Waals surface area contributed by atoms with E-state index in [0.29, 0.717) is 10.9 Å². The SMILES string of the molecule is CC1(c2ccco2)NC(=O)N(Cc2cnc(N)s2)C1=O. The number of hydrogen-bond donors (Lipinski definition) is 2. The van der Waals surface area contributed by atoms with Crippen LogP contribution in [0.3, 0.4) is 0 Å². The molecule has 0 saturated carbocycles. The Balaban J connectivity index is 1.87. The average molecular weight is 292 g/mol. The summed E-state index contributed by atoms with van der Waals surface area (Å²) in [5.74, 6) is 0.0478. The summed E-state index contributed by atoms with van der Waals surface area (Å²) in [6, 6.07) is 2.87. The van der Waals surface area contributed by atoms with Gasteiger partial charge in [0.1, 0.15) is 5.76 Å². The molecule has 7 nitrogen and oxygen atoms in total. The highest BCUT2D eigenvalue weighted by Gasteiger charge is 2.50. The molecular weight excluding hydrogens is 280 g/mol. The largest absolute Gasteiger partial charge is 0.466 e. The molecule has 104 valence electrons. The molecule has 3 amide bonds. The third kappa shape index (κ3) is 1.85. The maximum absolute atomic E-state index is 12.5. The minimum atomic E-state index is -1.17. The van der Waals surface area contributed by atoms with E-state index in [0.717, 1.165) is 9.78 Å². The Bertz CT molecular complexity index is 666. The van der Waals surface area contributed by atoms with Crippen LogP contribution in [0.5, 0.6) is 0 Å². The number of urea groups is 1. The number of nitrogens with zero attached hydrogens (tertiary/aromatic N) is 2. The van der Waals surface area contributed by atoms with Gasteiger partial charge in [0.05, 0.1) is 12.8 Å². The smallest absolute Gasteiger partial charge is 0.325 e. The van der Waals surface area contributed by atoms with Gasteiger partial charge in [0, 0.05) is 11.1 Å². The van der Waals surface area contributed by atoms with E-state index in [1.165, 1.54) is 17.6 Å². The van der Waals surface area contributed by atoms with Crippen LogP contribution in [0.2, 0.25) is 0 Å². The number of furan rings is 1. The van der Waals surface area contributed by atoms with Gasteiger partial charge in [-0.15, -0.1) is 11.3 Å². The van der Waals surface area contributed by atoms with E-state index in [9.17, 15) is 9.59 Å². The Labute approximate surface area is 118 Å². The van der Waals surface area contributed by atoms with Gasteiger partial charge in [0.2, 0.25) is 0 Å². The van der Waals surface area contributed by atoms with Crippen molar-refractivity contribution in [2.45, 2.75) is 19.0 Å². The van der Waals surface area contributed by atoms with E-state index in [1.54, 1.807) is 25.3 Å². The molecule has 0 spiro atoms. The fourth-order valence-corrected chi connectivity index (χ4v) is 2.80. The number of anilines is 1. The number of carbonyl (C=O) groups is 2. The molecule has 3 rings (SSSR count). The van der Waals surface area contributed by atoms with Gasteiger partial charge in [0.15, 0.2) is 10.7 Å². The zero-order valence-corrected chi connectivity index (χ0v) is 11.4. The summed E-state index contributed by atoms with van der Waals surface area (Å²) in [7, 11) is 0. The molecule has 8 heteroatoms. The molecule has 1 atom stereocenters. The summed E-state index contributed by atoms with van der Waals surface area (Å²) < 4.78 is 5.25. The predicted molar refractivity (Wildman–Crippen MR) is 71.7 cm³/mol. The first kappa shape index (κ1) is 12.7. The fraction of sp³-hybridized carbons (Fsp3) is 0.250. The molecule has 1 aliphatic rings. The summed E-state index contributed by atoms with van der Waals surface area (Å²) in [6.07, 6.45) is 3.02. The summed E-state index contributed by atoms with van der Waals surface area (Å²) in [4.78, 5) is 30.3. The molecule has 2 aromatic heterocycles. The van der Waals surface area contributed by atoms with Gasteiger partial charge in [-0.1, -0.05) is 0 Å². The van der Waals surface area contributed by atoms with Gasteiger partial charge in [-0.2, -0.15) is 0 Å². The average Bonchev–Trinajstić information content (AvgIpc) is 3.09. The summed E-state index contributed by atoms with van der Waals surface area (Å²) >= 11 is 1.25. The number of nitrogen functional groups attached to an aromatic ring is 1. The van der Waals surface area contributed by atoms with Crippen molar-refractivity contribution in [3.05, 3.63) is 35.2 Å². The van der Waals surface area contributed by atoms with Crippen molar-refractivity contribution in [1.82, 2.24) is 15.2 Å². The number of hydrogen-bond acceptors (Lipinski definition) is 6. The molecule has 1 unspecified atom stereocenters. The van der Waals surface area contributed by atoms with E-state index >= 15 is 0 Å². The van der Waals surface area contributed by atoms with E-state index in [-0.39, 0.29) is 12.5 Å². The monoisotopic (exact) mass is 292 g/mol. The van der Waals surface area contributed by atoms with Crippen molar-refractivity contribution in [1.29, 1.82) is 0 Å². The standard InChI is InChI=1S/C12H12N4O3S/c1-12(8-3-2-4-19-8)9(17)16(11(18)15-12)6-7-5-14-10(13)20-7/h2-5H,6H2,1H3,(H2,13,14)(H,15,18). The second kappa shape index (κ2) is 4.34. The summed E-state index contributed by atoms with van der Waals surface area (Å²) in [6.45, 7) is 1.77. The zero-order chi connectivity index (χ0) is 14.3. The van der Waals surface area contributed by atoms with Crippen LogP contribution in [0.4, 0.5) is 9.93 Å². The van der Waals surface area contributed by atoms with E-state index in [2.05, 4.69) is 10.3 Å². The van der Waals surface area contributed by atoms with Crippen LogP contribution in [-0.2, 0) is 16.9 Å². The lowest BCUT2D eigenvalue weighted by molar-refractivity contribution is -0.132. The highest BCUT2D eigenvalue weighted by Crippen LogP contribution is 2.30. The lowest BCUT2D eigenvalue weighted by Crippen LogP contribution is -2.40. The maximum Gasteiger partial charge on any atom is 0.325 e. The molecule has 2 aromatic rings. The molecule has 3 N–H and O–H groups in total. The van der Waals surface area contributed by atoms with Crippen molar-refractivity contribution < 1.29 is 14.0 Å². The molecule has 0 aliphatic carbocycles. The molecule has 20 heavy (non-hydrogen) atoms. The number of imide groups is 1. The number of nitrogens with two attached hydrogens (primary N) is 1. The van der Waals surface area contributed by atoms with Gasteiger partial charge in [0.25, 0.3) is 5.91 Å². The van der Waals surface area contributed by atoms with Crippen LogP contribution in [-0.4, -0.2) is 21.8 Å². The number of aromatic nitrogens is 1. The Kier molecular flexibility index (Phi) is 2.75. The Hall–Kier alpha value is -2.35. The van der Waals surface area contributed by atoms with Crippen LogP contribution in [0.25, 0.3) is 0 Å². The number of rotatable bonds is 3. The lowest BCUT2D eigenvalue weighted by Gasteiger charge is -2.18. The van der Waals surface area contributed by atoms with Crippen molar-refractivity contribution in [3.8, 4) is 0 Å². The first-order valence-electron chi connectivity index (χ1n) is 5.89. The Morgan fingerprint density at radius 1 is 1.55 bits per heavy atom. The van der Waals surface area contributed by atoms with Gasteiger partial charge >= 0.3 is 6.03 Å². The minimum Gasteiger partial charge on any atom is -0.466 e. The third-order valence-corrected chi connectivity index (χ3v) is 3.99. The minimum absolute atomic E-state index is 0.149. The molecule has 1 saturated heterocycles. The predicted octanol–water partition coefficient (Wildman–Crippen LogP) is 1.29. The number of nitrogens with one attached hydrogen (secondary N) is 1. The second-order valence-electron chi connectivity index (χ2n) is 4.59. The molecule has 1 aliphatic heterocycles. The highest BCUT2D eigenvalue weighted by molar-refractivity contribution is 7.15. The van der Waals surface area contributed by atoms with Gasteiger partial charge < -0.3 is 15.5 Å². The van der Waals surface area contributed by atoms with Crippen molar-refractivity contribution >= 4 is 28.4 Å². The fourth-order valence-electron chi connectivity index (χ4n) is 2.12. The van der Waals surface area contributed by atoms with Crippen molar-refractivity contribution in [2.24, 2.45) is 0 Å². The van der Waals surface area contributed by atoms with E-state index in [4.69, 9.17) is 10.2 Å². The van der Waals surface area contributed by atoms with Crippen LogP contribution in [0.15, 0.2) is 29.0 Å². The van der Waals surface area contributed by atoms with E-state index in [1.807, 2.05) is 0 Å². The summed E-state index contributed by atoms with van der Waals surface area (Å²) in [5, 5.41) is 3.06. The molecule has 0 aromatic carbocycles. The van der Waals surface area contributed by atoms with Crippen molar-refractivity contribution in [2.75, 3.05) is 5.73 Å². The van der Waals surface area contributed by atoms with Gasteiger partial charge in [-0.3, -0.25) is 9.69 Å². The third-order valence-electron chi connectivity index (χ3n) is 3.17. The second-order valence-corrected chi connectivity index (χ2v) is 5.74. The van der Waals surface area contributed by atoms with E-state index < -0.39 is 11.6 Å². The number of amides is 3. The Morgan fingerprint density at radius 3 is 2.95 bits per heavy atom. The number of carbonyl (C=O) groups excluding carboxylic acids is 2. The molecule has 3 heterocycles. The van der Waals surface area contributed by atoms with Crippen LogP contribution in [0.1, 0.15) is 17.6 Å². The molecular formula is C12H12N4O3S. The molecule has 1 fully saturated rings. The van der Waals surface area contributed by atoms with Crippen LogP contribution < -0.4 is 11.1 Å². The zero-order valence-electron chi connectivity index (χ0n) is 10.6. The van der Waals surface area contributed by atoms with Gasteiger partial charge in [-0.05, 0) is 19.1 Å². The normalized spacial score (nSPS) is 22.4. The maximum atomic E-state index is 12.5. The highest BCUT2D eigenvalue weighted by atomic mass is 32.1. The first-order valence-corrected chi connectivity index (χ1v) is 6.70. The first-order chi connectivity index (χ1) is 9.50. The van der Waals surface area contributed by atoms with Crippen LogP contribution >= 0.6 is 11.3 Å². The summed E-state index contributed by atoms with van der Waals surface area (Å²) in [5.41, 5.74) is 4.37. The molecule has 0 radical (unpaired) electrons. The topological polar surface area (TPSA) is 101 Å². The molecule has 0 bridgehead atoms. The Morgan fingerprint density at radius 2 is 2.35 bits per heavy atom.